The minimum absolute atomic E-state index is 0.144. The number of hydrogen-bond donors (Lipinski definition) is 1. The third-order valence-electron chi connectivity index (χ3n) is 2.80. The molecule has 0 radical (unpaired) electrons. The molecule has 0 fully saturated rings. The zero-order valence-electron chi connectivity index (χ0n) is 10.5. The van der Waals surface area contributed by atoms with E-state index >= 15 is 0 Å². The number of aryl methyl sites for hydroxylation is 1. The van der Waals surface area contributed by atoms with Gasteiger partial charge in [0.25, 0.3) is 0 Å². The smallest absolute Gasteiger partial charge is 0.339 e. The molecule has 1 aromatic heterocycles. The first kappa shape index (κ1) is 13.2. The molecule has 0 saturated heterocycles. The Morgan fingerprint density at radius 1 is 1.53 bits per heavy atom. The van der Waals surface area contributed by atoms with Crippen molar-refractivity contribution in [1.82, 2.24) is 9.55 Å². The number of carbonyl (C=O) groups is 1. The van der Waals surface area contributed by atoms with Gasteiger partial charge in [-0.15, -0.1) is 0 Å². The number of aliphatic hydroxyl groups is 1. The van der Waals surface area contributed by atoms with Crippen molar-refractivity contribution in [2.75, 3.05) is 7.11 Å². The van der Waals surface area contributed by atoms with E-state index in [9.17, 15) is 14.3 Å². The Balaban J connectivity index is 2.38. The molecular weight excluding hydrogens is 251 g/mol. The molecule has 19 heavy (non-hydrogen) atoms. The van der Waals surface area contributed by atoms with Crippen LogP contribution in [0, 0.1) is 12.7 Å². The van der Waals surface area contributed by atoms with Crippen LogP contribution in [0.2, 0.25) is 0 Å². The normalized spacial score (nSPS) is 12.2. The van der Waals surface area contributed by atoms with Gasteiger partial charge in [-0.2, -0.15) is 0 Å². The van der Waals surface area contributed by atoms with Crippen LogP contribution in [-0.2, 0) is 9.53 Å². The molecule has 1 atom stereocenters. The van der Waals surface area contributed by atoms with E-state index in [1.54, 1.807) is 23.9 Å². The SMILES string of the molecule is COC(=O)C(O)c1ccc(-n2ccnc2C)c(F)c1. The first-order chi connectivity index (χ1) is 9.04. The lowest BCUT2D eigenvalue weighted by molar-refractivity contribution is -0.150. The van der Waals surface area contributed by atoms with Crippen LogP contribution < -0.4 is 0 Å². The fourth-order valence-corrected chi connectivity index (χ4v) is 1.77. The maximum absolute atomic E-state index is 14.0. The second kappa shape index (κ2) is 5.19. The van der Waals surface area contributed by atoms with E-state index in [4.69, 9.17) is 0 Å². The largest absolute Gasteiger partial charge is 0.467 e. The van der Waals surface area contributed by atoms with Crippen LogP contribution in [0.15, 0.2) is 30.6 Å². The number of benzene rings is 1. The van der Waals surface area contributed by atoms with Gasteiger partial charge < -0.3 is 14.4 Å². The van der Waals surface area contributed by atoms with Gasteiger partial charge in [0, 0.05) is 12.4 Å². The number of aromatic nitrogens is 2. The van der Waals surface area contributed by atoms with Crippen molar-refractivity contribution in [1.29, 1.82) is 0 Å². The van der Waals surface area contributed by atoms with Crippen LogP contribution in [-0.4, -0.2) is 27.7 Å². The van der Waals surface area contributed by atoms with Crippen LogP contribution >= 0.6 is 0 Å². The molecule has 0 amide bonds. The van der Waals surface area contributed by atoms with Gasteiger partial charge in [-0.05, 0) is 24.6 Å². The van der Waals surface area contributed by atoms with Crippen molar-refractivity contribution in [3.05, 3.63) is 47.8 Å². The van der Waals surface area contributed by atoms with E-state index in [-0.39, 0.29) is 5.56 Å². The first-order valence-corrected chi connectivity index (χ1v) is 5.60. The van der Waals surface area contributed by atoms with E-state index in [1.165, 1.54) is 12.1 Å². The number of aliphatic hydroxyl groups excluding tert-OH is 1. The second-order valence-electron chi connectivity index (χ2n) is 3.98. The number of carbonyl (C=O) groups excluding carboxylic acids is 1. The molecule has 1 unspecified atom stereocenters. The summed E-state index contributed by atoms with van der Waals surface area (Å²) in [6.07, 6.45) is 1.70. The number of ether oxygens (including phenoxy) is 1. The first-order valence-electron chi connectivity index (χ1n) is 5.60. The maximum Gasteiger partial charge on any atom is 0.339 e. The molecule has 0 saturated carbocycles. The Morgan fingerprint density at radius 2 is 2.26 bits per heavy atom. The molecular formula is C13H13FN2O3. The lowest BCUT2D eigenvalue weighted by Crippen LogP contribution is -2.14. The number of nitrogens with zero attached hydrogens (tertiary/aromatic N) is 2. The third-order valence-corrected chi connectivity index (χ3v) is 2.80. The van der Waals surface area contributed by atoms with Gasteiger partial charge in [-0.25, -0.2) is 14.2 Å². The molecule has 1 N–H and O–H groups in total. The predicted molar refractivity (Wildman–Crippen MR) is 65.2 cm³/mol. The number of imidazole rings is 1. The van der Waals surface area contributed by atoms with Crippen LogP contribution in [0.5, 0.6) is 0 Å². The summed E-state index contributed by atoms with van der Waals surface area (Å²) in [5, 5.41) is 9.63. The minimum Gasteiger partial charge on any atom is -0.467 e. The van der Waals surface area contributed by atoms with E-state index in [0.29, 0.717) is 11.5 Å². The van der Waals surface area contributed by atoms with E-state index in [1.807, 2.05) is 0 Å². The lowest BCUT2D eigenvalue weighted by atomic mass is 10.1. The van der Waals surface area contributed by atoms with E-state index in [2.05, 4.69) is 9.72 Å². The topological polar surface area (TPSA) is 64.3 Å². The number of halogens is 1. The maximum atomic E-state index is 14.0. The van der Waals surface area contributed by atoms with Crippen molar-refractivity contribution in [2.45, 2.75) is 13.0 Å². The summed E-state index contributed by atoms with van der Waals surface area (Å²) in [6.45, 7) is 1.75. The Labute approximate surface area is 109 Å². The summed E-state index contributed by atoms with van der Waals surface area (Å²) in [6, 6.07) is 4.06. The zero-order valence-corrected chi connectivity index (χ0v) is 10.5. The monoisotopic (exact) mass is 264 g/mol. The number of methoxy groups -OCH3 is 1. The number of esters is 1. The van der Waals surface area contributed by atoms with Crippen molar-refractivity contribution in [3.63, 3.8) is 0 Å². The van der Waals surface area contributed by atoms with Gasteiger partial charge >= 0.3 is 5.97 Å². The van der Waals surface area contributed by atoms with Crippen LogP contribution in [0.3, 0.4) is 0 Å². The van der Waals surface area contributed by atoms with Gasteiger partial charge in [-0.1, -0.05) is 6.07 Å². The highest BCUT2D eigenvalue weighted by Crippen LogP contribution is 2.21. The molecule has 1 heterocycles. The van der Waals surface area contributed by atoms with Gasteiger partial charge in [0.05, 0.1) is 12.8 Å². The molecule has 0 spiro atoms. The Morgan fingerprint density at radius 3 is 2.79 bits per heavy atom. The number of rotatable bonds is 3. The van der Waals surface area contributed by atoms with E-state index < -0.39 is 17.9 Å². The summed E-state index contributed by atoms with van der Waals surface area (Å²) in [7, 11) is 1.16. The fourth-order valence-electron chi connectivity index (χ4n) is 1.77. The van der Waals surface area contributed by atoms with Crippen LogP contribution in [0.4, 0.5) is 4.39 Å². The molecule has 0 bridgehead atoms. The van der Waals surface area contributed by atoms with Crippen molar-refractivity contribution >= 4 is 5.97 Å². The quantitative estimate of drug-likeness (QED) is 0.854. The Bertz CT molecular complexity index is 610. The summed E-state index contributed by atoms with van der Waals surface area (Å²) in [4.78, 5) is 15.2. The van der Waals surface area contributed by atoms with Gasteiger partial charge in [0.15, 0.2) is 6.10 Å². The molecule has 6 heteroatoms. The predicted octanol–water partition coefficient (Wildman–Crippen LogP) is 1.53. The molecule has 0 aliphatic rings. The number of hydrogen-bond acceptors (Lipinski definition) is 4. The minimum atomic E-state index is -1.49. The fraction of sp³-hybridized carbons (Fsp3) is 0.231. The Hall–Kier alpha value is -2.21. The van der Waals surface area contributed by atoms with Crippen molar-refractivity contribution in [2.24, 2.45) is 0 Å². The van der Waals surface area contributed by atoms with E-state index in [0.717, 1.165) is 13.2 Å². The van der Waals surface area contributed by atoms with Gasteiger partial charge in [-0.3, -0.25) is 0 Å². The molecule has 100 valence electrons. The standard InChI is InChI=1S/C13H13FN2O3/c1-8-15-5-6-16(8)11-4-3-9(7-10(11)14)12(17)13(18)19-2/h3-7,12,17H,1-2H3. The zero-order chi connectivity index (χ0) is 14.0. The second-order valence-corrected chi connectivity index (χ2v) is 3.98. The lowest BCUT2D eigenvalue weighted by Gasteiger charge is -2.11. The average molecular weight is 264 g/mol. The molecule has 2 rings (SSSR count). The average Bonchev–Trinajstić information content (AvgIpc) is 2.83. The summed E-state index contributed by atoms with van der Waals surface area (Å²) >= 11 is 0. The highest BCUT2D eigenvalue weighted by Gasteiger charge is 2.19. The Kier molecular flexibility index (Phi) is 3.62. The van der Waals surface area contributed by atoms with Gasteiger partial charge in [0.1, 0.15) is 11.6 Å². The van der Waals surface area contributed by atoms with Gasteiger partial charge in [0.2, 0.25) is 0 Å². The highest BCUT2D eigenvalue weighted by atomic mass is 19.1. The van der Waals surface area contributed by atoms with Crippen LogP contribution in [0.25, 0.3) is 5.69 Å². The molecule has 2 aromatic rings. The molecule has 0 aliphatic heterocycles. The third kappa shape index (κ3) is 2.48. The molecule has 5 nitrogen and oxygen atoms in total. The summed E-state index contributed by atoms with van der Waals surface area (Å²) in [5.74, 6) is -0.743. The van der Waals surface area contributed by atoms with Crippen LogP contribution in [0.1, 0.15) is 17.5 Å². The van der Waals surface area contributed by atoms with Crippen molar-refractivity contribution in [3.8, 4) is 5.69 Å². The molecule has 1 aromatic carbocycles. The molecule has 0 aliphatic carbocycles. The highest BCUT2D eigenvalue weighted by molar-refractivity contribution is 5.76. The van der Waals surface area contributed by atoms with Crippen molar-refractivity contribution < 1.29 is 19.0 Å². The summed E-state index contributed by atoms with van der Waals surface area (Å²) < 4.78 is 20.0. The summed E-state index contributed by atoms with van der Waals surface area (Å²) in [5.41, 5.74) is 0.446.